The molecular weight excluding hydrogens is 687 g/mol. The van der Waals surface area contributed by atoms with Gasteiger partial charge in [-0.1, -0.05) is 35.9 Å². The predicted molar refractivity (Wildman–Crippen MR) is 170 cm³/mol. The van der Waals surface area contributed by atoms with E-state index >= 15 is 0 Å². The average molecular weight is 715 g/mol. The number of furan rings is 2. The third-order valence-electron chi connectivity index (χ3n) is 6.27. The monoisotopic (exact) mass is 714 g/mol. The molecule has 1 N–H and O–H groups in total. The zero-order valence-corrected chi connectivity index (χ0v) is 26.5. The van der Waals surface area contributed by atoms with E-state index in [0.29, 0.717) is 34.5 Å². The SMILES string of the molecule is COC(=O)c1cc(COc2ccc(I)cc2)c(C)o1.Cc1oc(C(=O)O)cc1COc1ccc(-c2ccc(Cl)cc2)cc1. The fourth-order valence-electron chi connectivity index (χ4n) is 3.87. The van der Waals surface area contributed by atoms with Gasteiger partial charge in [-0.25, -0.2) is 9.59 Å². The summed E-state index contributed by atoms with van der Waals surface area (Å²) in [5.41, 5.74) is 3.68. The molecule has 10 heteroatoms. The van der Waals surface area contributed by atoms with Gasteiger partial charge in [-0.15, -0.1) is 0 Å². The third-order valence-corrected chi connectivity index (χ3v) is 7.24. The van der Waals surface area contributed by atoms with E-state index in [1.807, 2.05) is 72.8 Å². The first-order valence-electron chi connectivity index (χ1n) is 13.0. The Bertz CT molecular complexity index is 1670. The summed E-state index contributed by atoms with van der Waals surface area (Å²) in [7, 11) is 1.32. The van der Waals surface area contributed by atoms with Gasteiger partial charge in [0, 0.05) is 19.7 Å². The summed E-state index contributed by atoms with van der Waals surface area (Å²) in [6.45, 7) is 4.11. The smallest absolute Gasteiger partial charge is 0.373 e. The predicted octanol–water partition coefficient (Wildman–Crippen LogP) is 8.74. The molecule has 2 heterocycles. The van der Waals surface area contributed by atoms with Crippen molar-refractivity contribution >= 4 is 46.1 Å². The Balaban J connectivity index is 0.000000203. The molecule has 0 atom stereocenters. The molecule has 8 nitrogen and oxygen atoms in total. The Hall–Kier alpha value is -4.22. The molecule has 2 aromatic heterocycles. The third kappa shape index (κ3) is 8.89. The second-order valence-corrected chi connectivity index (χ2v) is 10.9. The van der Waals surface area contributed by atoms with Crippen LogP contribution in [-0.2, 0) is 18.0 Å². The van der Waals surface area contributed by atoms with Gasteiger partial charge in [-0.05, 0) is 108 Å². The molecule has 3 aromatic carbocycles. The van der Waals surface area contributed by atoms with Crippen molar-refractivity contribution in [2.75, 3.05) is 7.11 Å². The van der Waals surface area contributed by atoms with Gasteiger partial charge < -0.3 is 28.2 Å². The number of esters is 1. The van der Waals surface area contributed by atoms with Crippen molar-refractivity contribution in [3.8, 4) is 22.6 Å². The maximum Gasteiger partial charge on any atom is 0.373 e. The minimum atomic E-state index is -1.09. The fourth-order valence-corrected chi connectivity index (χ4v) is 4.36. The molecule has 0 bridgehead atoms. The Morgan fingerprint density at radius 2 is 1.19 bits per heavy atom. The van der Waals surface area contributed by atoms with Crippen molar-refractivity contribution in [3.05, 3.63) is 128 Å². The number of halogens is 2. The van der Waals surface area contributed by atoms with Crippen molar-refractivity contribution in [3.63, 3.8) is 0 Å². The number of hydrogen-bond donors (Lipinski definition) is 1. The van der Waals surface area contributed by atoms with Crippen LogP contribution in [0.1, 0.15) is 43.8 Å². The van der Waals surface area contributed by atoms with Crippen LogP contribution >= 0.6 is 34.2 Å². The maximum absolute atomic E-state index is 11.3. The fraction of sp³-hybridized carbons (Fsp3) is 0.152. The molecule has 0 amide bonds. The maximum atomic E-state index is 11.3. The molecule has 0 spiro atoms. The van der Waals surface area contributed by atoms with Crippen molar-refractivity contribution in [1.82, 2.24) is 0 Å². The zero-order chi connectivity index (χ0) is 30.9. The minimum absolute atomic E-state index is 0.0795. The molecule has 0 aliphatic rings. The summed E-state index contributed by atoms with van der Waals surface area (Å²) >= 11 is 8.13. The van der Waals surface area contributed by atoms with Crippen LogP contribution in [0.2, 0.25) is 5.02 Å². The van der Waals surface area contributed by atoms with E-state index < -0.39 is 11.9 Å². The standard InChI is InChI=1S/C19H15ClO4.C14H13IO4/c1-12-15(10-18(24-12)19(21)22)11-23-17-8-4-14(5-9-17)13-2-6-16(20)7-3-13;1-9-10(7-13(19-9)14(16)17-2)8-18-12-5-3-11(15)4-6-12/h2-10H,11H2,1H3,(H,21,22);3-7H,8H2,1-2H3. The van der Waals surface area contributed by atoms with Crippen LogP contribution in [0.15, 0.2) is 93.8 Å². The van der Waals surface area contributed by atoms with Crippen molar-refractivity contribution < 1.29 is 37.7 Å². The molecule has 43 heavy (non-hydrogen) atoms. The molecule has 0 saturated heterocycles. The first-order chi connectivity index (χ1) is 20.6. The van der Waals surface area contributed by atoms with Gasteiger partial charge in [0.25, 0.3) is 0 Å². The molecule has 5 rings (SSSR count). The highest BCUT2D eigenvalue weighted by molar-refractivity contribution is 14.1. The zero-order valence-electron chi connectivity index (χ0n) is 23.6. The van der Waals surface area contributed by atoms with Crippen LogP contribution in [0.25, 0.3) is 11.1 Å². The molecule has 0 radical (unpaired) electrons. The van der Waals surface area contributed by atoms with Crippen LogP contribution in [0.4, 0.5) is 0 Å². The number of carboxylic acid groups (broad SMARTS) is 1. The largest absolute Gasteiger partial charge is 0.489 e. The number of aryl methyl sites for hydroxylation is 2. The highest BCUT2D eigenvalue weighted by Crippen LogP contribution is 2.25. The number of hydrogen-bond acceptors (Lipinski definition) is 7. The molecular formula is C33H28ClIO8. The quantitative estimate of drug-likeness (QED) is 0.119. The van der Waals surface area contributed by atoms with E-state index in [1.165, 1.54) is 13.2 Å². The van der Waals surface area contributed by atoms with Crippen LogP contribution in [-0.4, -0.2) is 24.2 Å². The summed E-state index contributed by atoms with van der Waals surface area (Å²) in [6, 6.07) is 26.2. The molecule has 0 aliphatic heterocycles. The number of carboxylic acids is 1. The Labute approximate surface area is 267 Å². The lowest BCUT2D eigenvalue weighted by Crippen LogP contribution is -1.99. The summed E-state index contributed by atoms with van der Waals surface area (Å²) in [4.78, 5) is 22.2. The van der Waals surface area contributed by atoms with E-state index in [4.69, 9.17) is 35.0 Å². The Morgan fingerprint density at radius 3 is 1.65 bits per heavy atom. The van der Waals surface area contributed by atoms with Gasteiger partial charge in [0.05, 0.1) is 7.11 Å². The van der Waals surface area contributed by atoms with Gasteiger partial charge in [0.2, 0.25) is 11.5 Å². The lowest BCUT2D eigenvalue weighted by Gasteiger charge is -2.07. The molecule has 5 aromatic rings. The van der Waals surface area contributed by atoms with Crippen molar-refractivity contribution in [2.24, 2.45) is 0 Å². The first-order valence-corrected chi connectivity index (χ1v) is 14.5. The Morgan fingerprint density at radius 1 is 0.744 bits per heavy atom. The summed E-state index contributed by atoms with van der Waals surface area (Å²) in [5, 5.41) is 9.62. The Kier molecular flexibility index (Phi) is 10.9. The van der Waals surface area contributed by atoms with Gasteiger partial charge in [-0.3, -0.25) is 0 Å². The lowest BCUT2D eigenvalue weighted by atomic mass is 10.1. The second-order valence-electron chi connectivity index (χ2n) is 9.24. The molecule has 222 valence electrons. The van der Waals surface area contributed by atoms with Crippen LogP contribution in [0, 0.1) is 17.4 Å². The normalized spacial score (nSPS) is 10.4. The van der Waals surface area contributed by atoms with Crippen LogP contribution < -0.4 is 9.47 Å². The number of carbonyl (C=O) groups excluding carboxylic acids is 1. The number of carbonyl (C=O) groups is 2. The molecule has 0 aliphatic carbocycles. The summed E-state index contributed by atoms with van der Waals surface area (Å²) in [6.07, 6.45) is 0. The topological polar surface area (TPSA) is 108 Å². The van der Waals surface area contributed by atoms with E-state index in [0.717, 1.165) is 26.0 Å². The van der Waals surface area contributed by atoms with E-state index in [2.05, 4.69) is 27.3 Å². The second kappa shape index (κ2) is 14.8. The number of methoxy groups -OCH3 is 1. The van der Waals surface area contributed by atoms with Gasteiger partial charge >= 0.3 is 11.9 Å². The minimum Gasteiger partial charge on any atom is -0.489 e. The molecule has 0 unspecified atom stereocenters. The number of aromatic carboxylic acids is 1. The summed E-state index contributed by atoms with van der Waals surface area (Å²) < 4.78 is 27.6. The van der Waals surface area contributed by atoms with Crippen molar-refractivity contribution in [2.45, 2.75) is 27.1 Å². The lowest BCUT2D eigenvalue weighted by molar-refractivity contribution is 0.0563. The number of benzene rings is 3. The van der Waals surface area contributed by atoms with Gasteiger partial charge in [-0.2, -0.15) is 0 Å². The molecule has 0 saturated carbocycles. The first kappa shape index (κ1) is 31.7. The number of ether oxygens (including phenoxy) is 3. The molecule has 0 fully saturated rings. The van der Waals surface area contributed by atoms with E-state index in [1.54, 1.807) is 19.9 Å². The van der Waals surface area contributed by atoms with Gasteiger partial charge in [0.15, 0.2) is 0 Å². The highest BCUT2D eigenvalue weighted by Gasteiger charge is 2.15. The number of rotatable bonds is 9. The van der Waals surface area contributed by atoms with E-state index in [-0.39, 0.29) is 18.1 Å². The highest BCUT2D eigenvalue weighted by atomic mass is 127. The summed E-state index contributed by atoms with van der Waals surface area (Å²) in [5.74, 6) is 1.23. The van der Waals surface area contributed by atoms with E-state index in [9.17, 15) is 9.59 Å². The van der Waals surface area contributed by atoms with Gasteiger partial charge in [0.1, 0.15) is 36.2 Å². The van der Waals surface area contributed by atoms with Crippen LogP contribution in [0.5, 0.6) is 11.5 Å². The van der Waals surface area contributed by atoms with Crippen molar-refractivity contribution in [1.29, 1.82) is 0 Å². The van der Waals surface area contributed by atoms with Crippen LogP contribution in [0.3, 0.4) is 0 Å². The average Bonchev–Trinajstić information content (AvgIpc) is 3.58.